The fourth-order valence-corrected chi connectivity index (χ4v) is 2.28. The number of oxime groups is 1. The molecule has 0 aromatic heterocycles. The fourth-order valence-electron chi connectivity index (χ4n) is 2.28. The summed E-state index contributed by atoms with van der Waals surface area (Å²) in [6, 6.07) is 10.1. The van der Waals surface area contributed by atoms with Crippen LogP contribution in [0.25, 0.3) is 0 Å². The molecule has 3 rings (SSSR count). The first-order chi connectivity index (χ1) is 11.6. The standard InChI is InChI=1S/C17H14F2N2O3/c1-23-12-5-2-10(3-6-12)15-9-16(24-21-15)17(22)20-14-7-4-11(18)8-13(14)19/h2-8,16H,9H2,1H3,(H,20,22)/t16-/m0/s1. The van der Waals surface area contributed by atoms with E-state index in [0.29, 0.717) is 17.5 Å². The molecule has 0 aliphatic carbocycles. The molecular formula is C17H14F2N2O3. The van der Waals surface area contributed by atoms with Gasteiger partial charge in [0, 0.05) is 12.5 Å². The second-order valence-electron chi connectivity index (χ2n) is 5.18. The number of halogens is 2. The Kier molecular flexibility index (Phi) is 4.41. The highest BCUT2D eigenvalue weighted by atomic mass is 19.1. The van der Waals surface area contributed by atoms with Crippen molar-refractivity contribution in [1.82, 2.24) is 0 Å². The smallest absolute Gasteiger partial charge is 0.268 e. The highest BCUT2D eigenvalue weighted by Crippen LogP contribution is 2.21. The summed E-state index contributed by atoms with van der Waals surface area (Å²) in [4.78, 5) is 17.3. The van der Waals surface area contributed by atoms with Crippen molar-refractivity contribution in [3.63, 3.8) is 0 Å². The zero-order valence-electron chi connectivity index (χ0n) is 12.8. The van der Waals surface area contributed by atoms with Crippen LogP contribution in [0.2, 0.25) is 0 Å². The van der Waals surface area contributed by atoms with E-state index in [2.05, 4.69) is 10.5 Å². The molecule has 1 atom stereocenters. The minimum atomic E-state index is -0.869. The van der Waals surface area contributed by atoms with Crippen LogP contribution in [0.3, 0.4) is 0 Å². The molecule has 0 radical (unpaired) electrons. The van der Waals surface area contributed by atoms with Gasteiger partial charge in [-0.05, 0) is 42.0 Å². The number of nitrogens with zero attached hydrogens (tertiary/aromatic N) is 1. The van der Waals surface area contributed by atoms with Crippen molar-refractivity contribution >= 4 is 17.3 Å². The highest BCUT2D eigenvalue weighted by Gasteiger charge is 2.29. The van der Waals surface area contributed by atoms with Gasteiger partial charge in [-0.3, -0.25) is 4.79 Å². The van der Waals surface area contributed by atoms with Gasteiger partial charge in [0.25, 0.3) is 5.91 Å². The monoisotopic (exact) mass is 332 g/mol. The maximum absolute atomic E-state index is 13.6. The number of hydrogen-bond acceptors (Lipinski definition) is 4. The van der Waals surface area contributed by atoms with E-state index < -0.39 is 23.6 Å². The lowest BCUT2D eigenvalue weighted by Gasteiger charge is -2.10. The molecule has 1 N–H and O–H groups in total. The van der Waals surface area contributed by atoms with E-state index in [1.807, 2.05) is 0 Å². The Balaban J connectivity index is 1.64. The Labute approximate surface area is 136 Å². The van der Waals surface area contributed by atoms with Crippen LogP contribution < -0.4 is 10.1 Å². The number of rotatable bonds is 4. The summed E-state index contributed by atoms with van der Waals surface area (Å²) >= 11 is 0. The third-order valence-corrected chi connectivity index (χ3v) is 3.57. The molecule has 0 saturated heterocycles. The summed E-state index contributed by atoms with van der Waals surface area (Å²) in [5.74, 6) is -1.41. The minimum Gasteiger partial charge on any atom is -0.497 e. The Morgan fingerprint density at radius 1 is 1.25 bits per heavy atom. The number of benzene rings is 2. The molecule has 124 valence electrons. The number of anilines is 1. The lowest BCUT2D eigenvalue weighted by atomic mass is 10.0. The van der Waals surface area contributed by atoms with Gasteiger partial charge in [-0.2, -0.15) is 0 Å². The van der Waals surface area contributed by atoms with Gasteiger partial charge in [0.2, 0.25) is 6.10 Å². The van der Waals surface area contributed by atoms with Gasteiger partial charge in [0.1, 0.15) is 17.4 Å². The molecule has 1 amide bonds. The molecule has 24 heavy (non-hydrogen) atoms. The molecule has 0 unspecified atom stereocenters. The highest BCUT2D eigenvalue weighted by molar-refractivity contribution is 6.06. The zero-order valence-corrected chi connectivity index (χ0v) is 12.8. The molecule has 5 nitrogen and oxygen atoms in total. The molecule has 1 heterocycles. The van der Waals surface area contributed by atoms with Crippen molar-refractivity contribution in [2.45, 2.75) is 12.5 Å². The largest absolute Gasteiger partial charge is 0.497 e. The van der Waals surface area contributed by atoms with E-state index in [-0.39, 0.29) is 12.1 Å². The van der Waals surface area contributed by atoms with Crippen LogP contribution in [-0.2, 0) is 9.63 Å². The normalized spacial score (nSPS) is 16.3. The van der Waals surface area contributed by atoms with Crippen LogP contribution in [0.5, 0.6) is 5.75 Å². The molecule has 2 aromatic carbocycles. The summed E-state index contributed by atoms with van der Waals surface area (Å²) in [5.41, 5.74) is 1.30. The van der Waals surface area contributed by atoms with Crippen molar-refractivity contribution < 1.29 is 23.1 Å². The van der Waals surface area contributed by atoms with E-state index in [0.717, 1.165) is 17.7 Å². The number of carbonyl (C=O) groups excluding carboxylic acids is 1. The number of hydrogen-bond donors (Lipinski definition) is 1. The second kappa shape index (κ2) is 6.66. The quantitative estimate of drug-likeness (QED) is 0.936. The van der Waals surface area contributed by atoms with Gasteiger partial charge in [-0.15, -0.1) is 0 Å². The summed E-state index contributed by atoms with van der Waals surface area (Å²) in [6.07, 6.45) is -0.618. The average molecular weight is 332 g/mol. The number of ether oxygens (including phenoxy) is 1. The van der Waals surface area contributed by atoms with Gasteiger partial charge < -0.3 is 14.9 Å². The van der Waals surface area contributed by atoms with E-state index >= 15 is 0 Å². The number of nitrogens with one attached hydrogen (secondary N) is 1. The summed E-state index contributed by atoms with van der Waals surface area (Å²) < 4.78 is 31.5. The third kappa shape index (κ3) is 3.34. The van der Waals surface area contributed by atoms with Crippen LogP contribution in [0.4, 0.5) is 14.5 Å². The first kappa shape index (κ1) is 15.9. The van der Waals surface area contributed by atoms with Crippen molar-refractivity contribution in [3.05, 3.63) is 59.7 Å². The molecule has 0 spiro atoms. The molecule has 1 aliphatic rings. The van der Waals surface area contributed by atoms with Crippen LogP contribution in [0, 0.1) is 11.6 Å². The minimum absolute atomic E-state index is 0.108. The maximum atomic E-state index is 13.6. The van der Waals surface area contributed by atoms with E-state index in [9.17, 15) is 13.6 Å². The van der Waals surface area contributed by atoms with Crippen LogP contribution in [0.15, 0.2) is 47.6 Å². The van der Waals surface area contributed by atoms with Gasteiger partial charge in [-0.25, -0.2) is 8.78 Å². The Bertz CT molecular complexity index is 791. The lowest BCUT2D eigenvalue weighted by molar-refractivity contribution is -0.125. The predicted molar refractivity (Wildman–Crippen MR) is 84.0 cm³/mol. The van der Waals surface area contributed by atoms with Crippen molar-refractivity contribution in [2.75, 3.05) is 12.4 Å². The molecule has 0 saturated carbocycles. The maximum Gasteiger partial charge on any atom is 0.268 e. The number of carbonyl (C=O) groups is 1. The summed E-state index contributed by atoms with van der Waals surface area (Å²) in [7, 11) is 1.57. The third-order valence-electron chi connectivity index (χ3n) is 3.57. The number of amides is 1. The Hall–Kier alpha value is -2.96. The van der Waals surface area contributed by atoms with Gasteiger partial charge >= 0.3 is 0 Å². The predicted octanol–water partition coefficient (Wildman–Crippen LogP) is 3.11. The Morgan fingerprint density at radius 2 is 2.00 bits per heavy atom. The molecule has 2 aromatic rings. The fraction of sp³-hybridized carbons (Fsp3) is 0.176. The molecule has 1 aliphatic heterocycles. The van der Waals surface area contributed by atoms with Crippen LogP contribution in [0.1, 0.15) is 12.0 Å². The lowest BCUT2D eigenvalue weighted by Crippen LogP contribution is -2.28. The van der Waals surface area contributed by atoms with Crippen molar-refractivity contribution in [1.29, 1.82) is 0 Å². The van der Waals surface area contributed by atoms with Gasteiger partial charge in [0.05, 0.1) is 18.5 Å². The molecule has 0 bridgehead atoms. The number of methoxy groups -OCH3 is 1. The molecule has 0 fully saturated rings. The average Bonchev–Trinajstić information content (AvgIpc) is 3.07. The van der Waals surface area contributed by atoms with Crippen LogP contribution >= 0.6 is 0 Å². The van der Waals surface area contributed by atoms with E-state index in [4.69, 9.17) is 9.57 Å². The van der Waals surface area contributed by atoms with Crippen LogP contribution in [-0.4, -0.2) is 24.8 Å². The molecule has 7 heteroatoms. The summed E-state index contributed by atoms with van der Waals surface area (Å²) in [5, 5.41) is 6.27. The molecular weight excluding hydrogens is 318 g/mol. The van der Waals surface area contributed by atoms with Crippen molar-refractivity contribution in [3.8, 4) is 5.75 Å². The first-order valence-corrected chi connectivity index (χ1v) is 7.20. The second-order valence-corrected chi connectivity index (χ2v) is 5.18. The Morgan fingerprint density at radius 3 is 2.67 bits per heavy atom. The topological polar surface area (TPSA) is 59.9 Å². The van der Waals surface area contributed by atoms with Gasteiger partial charge in [-0.1, -0.05) is 5.16 Å². The zero-order chi connectivity index (χ0) is 17.1. The van der Waals surface area contributed by atoms with Gasteiger partial charge in [0.15, 0.2) is 0 Å². The van der Waals surface area contributed by atoms with Crippen molar-refractivity contribution in [2.24, 2.45) is 5.16 Å². The SMILES string of the molecule is COc1ccc(C2=NO[C@H](C(=O)Nc3ccc(F)cc3F)C2)cc1. The summed E-state index contributed by atoms with van der Waals surface area (Å²) in [6.45, 7) is 0. The van der Waals surface area contributed by atoms with E-state index in [1.54, 1.807) is 31.4 Å². The van der Waals surface area contributed by atoms with E-state index in [1.165, 1.54) is 0 Å². The first-order valence-electron chi connectivity index (χ1n) is 7.20.